The summed E-state index contributed by atoms with van der Waals surface area (Å²) in [6, 6.07) is 6.23. The zero-order valence-electron chi connectivity index (χ0n) is 13.4. The van der Waals surface area contributed by atoms with E-state index in [0.717, 1.165) is 25.0 Å². The summed E-state index contributed by atoms with van der Waals surface area (Å²) in [7, 11) is 0. The summed E-state index contributed by atoms with van der Waals surface area (Å²) in [5.74, 6) is -0.373. The number of hydrogen-bond donors (Lipinski definition) is 2. The van der Waals surface area contributed by atoms with Crippen molar-refractivity contribution < 1.29 is 14.3 Å². The molecular weight excluding hydrogens is 326 g/mol. The zero-order chi connectivity index (χ0) is 16.9. The number of anilines is 2. The first-order chi connectivity index (χ1) is 11.7. The van der Waals surface area contributed by atoms with Crippen molar-refractivity contribution >= 4 is 34.2 Å². The van der Waals surface area contributed by atoms with Crippen molar-refractivity contribution in [1.82, 2.24) is 4.98 Å². The number of amides is 2. The topological polar surface area (TPSA) is 80.3 Å². The molecule has 2 amide bonds. The van der Waals surface area contributed by atoms with Crippen molar-refractivity contribution in [3.8, 4) is 0 Å². The number of aryl methyl sites for hydroxylation is 2. The molecule has 1 heterocycles. The predicted octanol–water partition coefficient (Wildman–Crippen LogP) is 3.84. The number of nitrogens with one attached hydrogen (secondary N) is 2. The number of carbonyl (C=O) groups excluding carboxylic acids is 2. The normalized spacial score (nSPS) is 13.0. The summed E-state index contributed by atoms with van der Waals surface area (Å²) in [6.45, 7) is 2.09. The molecule has 24 heavy (non-hydrogen) atoms. The van der Waals surface area contributed by atoms with E-state index in [-0.39, 0.29) is 12.0 Å². The molecule has 0 aliphatic heterocycles. The monoisotopic (exact) mass is 345 g/mol. The van der Waals surface area contributed by atoms with Crippen LogP contribution in [-0.2, 0) is 17.6 Å². The van der Waals surface area contributed by atoms with Crippen LogP contribution in [0.2, 0.25) is 0 Å². The molecule has 0 spiro atoms. The average Bonchev–Trinajstić information content (AvgIpc) is 2.97. The standard InChI is InChI=1S/C17H19N3O3S/c1-2-23-15(21)11-7-9-12(10-8-11)18-16(22)20-17-19-13-5-3-4-6-14(13)24-17/h7-10H,2-6H2,1H3,(H2,18,19,20,22). The zero-order valence-corrected chi connectivity index (χ0v) is 14.2. The number of carbonyl (C=O) groups is 2. The predicted molar refractivity (Wildman–Crippen MR) is 93.8 cm³/mol. The summed E-state index contributed by atoms with van der Waals surface area (Å²) < 4.78 is 4.92. The van der Waals surface area contributed by atoms with Gasteiger partial charge in [0.2, 0.25) is 0 Å². The molecule has 0 fully saturated rings. The first kappa shape index (κ1) is 16.4. The number of rotatable bonds is 4. The molecule has 3 rings (SSSR count). The second kappa shape index (κ2) is 7.44. The van der Waals surface area contributed by atoms with Crippen molar-refractivity contribution in [2.45, 2.75) is 32.6 Å². The van der Waals surface area contributed by atoms with E-state index >= 15 is 0 Å². The lowest BCUT2D eigenvalue weighted by Crippen LogP contribution is -2.19. The highest BCUT2D eigenvalue weighted by Gasteiger charge is 2.16. The SMILES string of the molecule is CCOC(=O)c1ccc(NC(=O)Nc2nc3c(s2)CCCC3)cc1. The molecule has 1 aliphatic carbocycles. The van der Waals surface area contributed by atoms with Gasteiger partial charge in [-0.2, -0.15) is 0 Å². The van der Waals surface area contributed by atoms with Crippen LogP contribution in [0.25, 0.3) is 0 Å². The molecule has 0 atom stereocenters. The van der Waals surface area contributed by atoms with Gasteiger partial charge in [0, 0.05) is 10.6 Å². The molecule has 0 unspecified atom stereocenters. The number of fused-ring (bicyclic) bond motifs is 1. The van der Waals surface area contributed by atoms with Gasteiger partial charge in [-0.1, -0.05) is 0 Å². The third-order valence-electron chi connectivity index (χ3n) is 3.72. The fourth-order valence-electron chi connectivity index (χ4n) is 2.57. The van der Waals surface area contributed by atoms with Crippen LogP contribution >= 0.6 is 11.3 Å². The number of urea groups is 1. The van der Waals surface area contributed by atoms with E-state index in [0.29, 0.717) is 23.0 Å². The lowest BCUT2D eigenvalue weighted by Gasteiger charge is -2.06. The number of nitrogens with zero attached hydrogens (tertiary/aromatic N) is 1. The lowest BCUT2D eigenvalue weighted by molar-refractivity contribution is 0.0526. The van der Waals surface area contributed by atoms with E-state index < -0.39 is 0 Å². The quantitative estimate of drug-likeness (QED) is 0.825. The van der Waals surface area contributed by atoms with Crippen molar-refractivity contribution in [2.75, 3.05) is 17.2 Å². The van der Waals surface area contributed by atoms with Gasteiger partial charge < -0.3 is 10.1 Å². The second-order valence-corrected chi connectivity index (χ2v) is 6.56. The molecule has 2 N–H and O–H groups in total. The smallest absolute Gasteiger partial charge is 0.338 e. The van der Waals surface area contributed by atoms with Crippen LogP contribution in [0, 0.1) is 0 Å². The van der Waals surface area contributed by atoms with E-state index in [4.69, 9.17) is 4.74 Å². The maximum atomic E-state index is 12.1. The van der Waals surface area contributed by atoms with Gasteiger partial charge in [-0.05, 0) is 56.9 Å². The Morgan fingerprint density at radius 2 is 1.92 bits per heavy atom. The van der Waals surface area contributed by atoms with Gasteiger partial charge in [-0.3, -0.25) is 5.32 Å². The summed E-state index contributed by atoms with van der Waals surface area (Å²) in [5, 5.41) is 6.13. The molecule has 0 saturated carbocycles. The minimum atomic E-state index is -0.373. The van der Waals surface area contributed by atoms with Crippen LogP contribution in [0.15, 0.2) is 24.3 Å². The van der Waals surface area contributed by atoms with E-state index in [9.17, 15) is 9.59 Å². The molecule has 1 aromatic carbocycles. The Hall–Kier alpha value is -2.41. The van der Waals surface area contributed by atoms with Crippen molar-refractivity contribution in [2.24, 2.45) is 0 Å². The molecule has 0 bridgehead atoms. The van der Waals surface area contributed by atoms with Crippen LogP contribution in [-0.4, -0.2) is 23.6 Å². The summed E-state index contributed by atoms with van der Waals surface area (Å²) in [4.78, 5) is 29.4. The van der Waals surface area contributed by atoms with Gasteiger partial charge in [0.05, 0.1) is 17.9 Å². The van der Waals surface area contributed by atoms with Crippen LogP contribution in [0.5, 0.6) is 0 Å². The van der Waals surface area contributed by atoms with Crippen LogP contribution in [0.4, 0.5) is 15.6 Å². The molecule has 0 radical (unpaired) electrons. The van der Waals surface area contributed by atoms with Crippen LogP contribution in [0.1, 0.15) is 40.7 Å². The summed E-state index contributed by atoms with van der Waals surface area (Å²) in [6.07, 6.45) is 4.39. The first-order valence-corrected chi connectivity index (χ1v) is 8.81. The number of thiazole rings is 1. The average molecular weight is 345 g/mol. The van der Waals surface area contributed by atoms with Gasteiger partial charge >= 0.3 is 12.0 Å². The molecule has 6 nitrogen and oxygen atoms in total. The lowest BCUT2D eigenvalue weighted by atomic mass is 10.0. The van der Waals surface area contributed by atoms with Crippen molar-refractivity contribution in [1.29, 1.82) is 0 Å². The summed E-state index contributed by atoms with van der Waals surface area (Å²) in [5.41, 5.74) is 2.16. The Labute approximate surface area is 144 Å². The number of aromatic nitrogens is 1. The minimum Gasteiger partial charge on any atom is -0.462 e. The molecule has 2 aromatic rings. The Balaban J connectivity index is 1.58. The van der Waals surface area contributed by atoms with E-state index in [1.54, 1.807) is 42.5 Å². The van der Waals surface area contributed by atoms with Gasteiger partial charge in [0.15, 0.2) is 5.13 Å². The van der Waals surface area contributed by atoms with E-state index in [2.05, 4.69) is 15.6 Å². The highest BCUT2D eigenvalue weighted by atomic mass is 32.1. The van der Waals surface area contributed by atoms with E-state index in [1.165, 1.54) is 11.3 Å². The third-order valence-corrected chi connectivity index (χ3v) is 4.79. The molecule has 126 valence electrons. The maximum absolute atomic E-state index is 12.1. The Morgan fingerprint density at radius 3 is 2.62 bits per heavy atom. The molecule has 1 aliphatic rings. The number of benzene rings is 1. The van der Waals surface area contributed by atoms with Gasteiger partial charge in [-0.25, -0.2) is 14.6 Å². The second-order valence-electron chi connectivity index (χ2n) is 5.47. The molecule has 0 saturated heterocycles. The van der Waals surface area contributed by atoms with Gasteiger partial charge in [-0.15, -0.1) is 11.3 Å². The fourth-order valence-corrected chi connectivity index (χ4v) is 3.61. The largest absolute Gasteiger partial charge is 0.462 e. The minimum absolute atomic E-state index is 0.332. The highest BCUT2D eigenvalue weighted by Crippen LogP contribution is 2.29. The Bertz CT molecular complexity index is 717. The van der Waals surface area contributed by atoms with Gasteiger partial charge in [0.25, 0.3) is 0 Å². The number of esters is 1. The van der Waals surface area contributed by atoms with Crippen LogP contribution < -0.4 is 10.6 Å². The first-order valence-electron chi connectivity index (χ1n) is 7.99. The highest BCUT2D eigenvalue weighted by molar-refractivity contribution is 7.15. The number of hydrogen-bond acceptors (Lipinski definition) is 5. The molecule has 1 aromatic heterocycles. The van der Waals surface area contributed by atoms with Crippen molar-refractivity contribution in [3.05, 3.63) is 40.4 Å². The van der Waals surface area contributed by atoms with E-state index in [1.807, 2.05) is 0 Å². The van der Waals surface area contributed by atoms with Crippen LogP contribution in [0.3, 0.4) is 0 Å². The Kier molecular flexibility index (Phi) is 5.10. The van der Waals surface area contributed by atoms with Crippen molar-refractivity contribution in [3.63, 3.8) is 0 Å². The third kappa shape index (κ3) is 3.91. The molecule has 7 heteroatoms. The molecular formula is C17H19N3O3S. The van der Waals surface area contributed by atoms with Gasteiger partial charge in [0.1, 0.15) is 0 Å². The Morgan fingerprint density at radius 1 is 1.17 bits per heavy atom. The summed E-state index contributed by atoms with van der Waals surface area (Å²) >= 11 is 1.54. The fraction of sp³-hybridized carbons (Fsp3) is 0.353. The number of ether oxygens (including phenoxy) is 1. The maximum Gasteiger partial charge on any atom is 0.338 e.